The number of esters is 1. The van der Waals surface area contributed by atoms with Gasteiger partial charge in [0.1, 0.15) is 11.4 Å². The maximum absolute atomic E-state index is 11.4. The first-order valence-corrected chi connectivity index (χ1v) is 5.32. The lowest BCUT2D eigenvalue weighted by Crippen LogP contribution is -2.55. The molecule has 0 unspecified atom stereocenters. The second-order valence-electron chi connectivity index (χ2n) is 4.65. The number of hydrogen-bond donors (Lipinski definition) is 1. The molecule has 0 radical (unpaired) electrons. The summed E-state index contributed by atoms with van der Waals surface area (Å²) in [6, 6.07) is 0. The highest BCUT2D eigenvalue weighted by atomic mass is 16.6. The van der Waals surface area contributed by atoms with E-state index in [0.717, 1.165) is 0 Å². The Morgan fingerprint density at radius 2 is 2.31 bits per heavy atom. The molecule has 1 aliphatic carbocycles. The van der Waals surface area contributed by atoms with Gasteiger partial charge < -0.3 is 14.6 Å². The molecule has 0 saturated heterocycles. The molecule has 0 fully saturated rings. The van der Waals surface area contributed by atoms with E-state index in [1.807, 2.05) is 13.0 Å². The Kier molecular flexibility index (Phi) is 2.35. The normalized spacial score (nSPS) is 42.1. The summed E-state index contributed by atoms with van der Waals surface area (Å²) in [4.78, 5) is 11.4. The number of carbonyl (C=O) groups excluding carboxylic acids is 1. The molecule has 3 atom stereocenters. The largest absolute Gasteiger partial charge is 0.496 e. The lowest BCUT2D eigenvalue weighted by Gasteiger charge is -2.44. The van der Waals surface area contributed by atoms with Crippen molar-refractivity contribution >= 4 is 5.97 Å². The van der Waals surface area contributed by atoms with Gasteiger partial charge in [-0.2, -0.15) is 0 Å². The fourth-order valence-corrected chi connectivity index (χ4v) is 2.41. The number of allylic oxidation sites excluding steroid dienone is 1. The number of carbonyl (C=O) groups is 1. The Labute approximate surface area is 94.5 Å². The van der Waals surface area contributed by atoms with Gasteiger partial charge in [0.15, 0.2) is 0 Å². The Hall–Kier alpha value is -1.29. The molecule has 88 valence electrons. The zero-order valence-electron chi connectivity index (χ0n) is 9.69. The fourth-order valence-electron chi connectivity index (χ4n) is 2.41. The van der Waals surface area contributed by atoms with Gasteiger partial charge in [0, 0.05) is 6.42 Å². The standard InChI is InChI=1S/C12H16O4/c1-8-4-5-11(2,14)12(7-8)9(15-3)6-10(13)16-12/h4-6,8,14H,7H2,1-3H3/t8-,11-,12+/m1/s1. The summed E-state index contributed by atoms with van der Waals surface area (Å²) < 4.78 is 10.5. The van der Waals surface area contributed by atoms with Crippen molar-refractivity contribution in [3.8, 4) is 0 Å². The smallest absolute Gasteiger partial charge is 0.335 e. The van der Waals surface area contributed by atoms with Crippen molar-refractivity contribution in [3.63, 3.8) is 0 Å². The first-order chi connectivity index (χ1) is 7.41. The van der Waals surface area contributed by atoms with Crippen LogP contribution in [0.2, 0.25) is 0 Å². The minimum absolute atomic E-state index is 0.227. The molecule has 0 saturated carbocycles. The minimum atomic E-state index is -1.23. The summed E-state index contributed by atoms with van der Waals surface area (Å²) in [5.74, 6) is 0.169. The number of aliphatic hydroxyl groups is 1. The van der Waals surface area contributed by atoms with E-state index in [-0.39, 0.29) is 5.92 Å². The topological polar surface area (TPSA) is 55.8 Å². The average Bonchev–Trinajstić information content (AvgIpc) is 2.51. The Balaban J connectivity index is 2.48. The summed E-state index contributed by atoms with van der Waals surface area (Å²) in [6.07, 6.45) is 5.43. The monoisotopic (exact) mass is 224 g/mol. The molecule has 1 spiro atoms. The maximum atomic E-state index is 11.4. The molecule has 1 heterocycles. The molecular formula is C12H16O4. The van der Waals surface area contributed by atoms with E-state index in [0.29, 0.717) is 12.2 Å². The van der Waals surface area contributed by atoms with Gasteiger partial charge in [-0.25, -0.2) is 4.79 Å². The maximum Gasteiger partial charge on any atom is 0.335 e. The molecule has 2 aliphatic rings. The van der Waals surface area contributed by atoms with Crippen LogP contribution in [0.1, 0.15) is 20.3 Å². The highest BCUT2D eigenvalue weighted by Gasteiger charge is 2.58. The van der Waals surface area contributed by atoms with Crippen LogP contribution in [0.4, 0.5) is 0 Å². The van der Waals surface area contributed by atoms with Crippen LogP contribution in [0.3, 0.4) is 0 Å². The number of methoxy groups -OCH3 is 1. The van der Waals surface area contributed by atoms with Crippen LogP contribution in [-0.4, -0.2) is 29.4 Å². The fraction of sp³-hybridized carbons (Fsp3) is 0.583. The molecule has 4 heteroatoms. The highest BCUT2D eigenvalue weighted by molar-refractivity contribution is 5.86. The van der Waals surface area contributed by atoms with Crippen molar-refractivity contribution in [1.82, 2.24) is 0 Å². The second kappa shape index (κ2) is 3.35. The lowest BCUT2D eigenvalue weighted by atomic mass is 9.72. The number of hydrogen-bond acceptors (Lipinski definition) is 4. The predicted molar refractivity (Wildman–Crippen MR) is 57.5 cm³/mol. The predicted octanol–water partition coefficient (Wildman–Crippen LogP) is 1.16. The summed E-state index contributed by atoms with van der Waals surface area (Å²) in [5, 5.41) is 10.4. The molecule has 0 amide bonds. The van der Waals surface area contributed by atoms with Crippen LogP contribution in [0, 0.1) is 5.92 Å². The molecule has 4 nitrogen and oxygen atoms in total. The molecule has 1 N–H and O–H groups in total. The molecule has 1 aliphatic heterocycles. The lowest BCUT2D eigenvalue weighted by molar-refractivity contribution is -0.173. The number of ether oxygens (including phenoxy) is 2. The van der Waals surface area contributed by atoms with Crippen LogP contribution >= 0.6 is 0 Å². The van der Waals surface area contributed by atoms with E-state index >= 15 is 0 Å². The number of rotatable bonds is 1. The summed E-state index contributed by atoms with van der Waals surface area (Å²) >= 11 is 0. The zero-order valence-corrected chi connectivity index (χ0v) is 9.69. The summed E-state index contributed by atoms with van der Waals surface area (Å²) in [6.45, 7) is 3.63. The van der Waals surface area contributed by atoms with Crippen molar-refractivity contribution in [2.45, 2.75) is 31.5 Å². The second-order valence-corrected chi connectivity index (χ2v) is 4.65. The van der Waals surface area contributed by atoms with Crippen molar-refractivity contribution in [2.75, 3.05) is 7.11 Å². The Morgan fingerprint density at radius 1 is 1.62 bits per heavy atom. The van der Waals surface area contributed by atoms with E-state index in [4.69, 9.17) is 9.47 Å². The molecular weight excluding hydrogens is 208 g/mol. The van der Waals surface area contributed by atoms with Gasteiger partial charge in [-0.05, 0) is 12.8 Å². The Morgan fingerprint density at radius 3 is 2.94 bits per heavy atom. The third kappa shape index (κ3) is 1.37. The van der Waals surface area contributed by atoms with Crippen molar-refractivity contribution in [3.05, 3.63) is 24.0 Å². The molecule has 0 aromatic carbocycles. The van der Waals surface area contributed by atoms with Gasteiger partial charge in [0.25, 0.3) is 0 Å². The van der Waals surface area contributed by atoms with Crippen LogP contribution in [0.5, 0.6) is 0 Å². The minimum Gasteiger partial charge on any atom is -0.496 e. The summed E-state index contributed by atoms with van der Waals surface area (Å²) in [5.41, 5.74) is -2.29. The van der Waals surface area contributed by atoms with Crippen LogP contribution in [0.15, 0.2) is 24.0 Å². The third-order valence-corrected chi connectivity index (χ3v) is 3.32. The first kappa shape index (κ1) is 11.2. The van der Waals surface area contributed by atoms with Gasteiger partial charge >= 0.3 is 5.97 Å². The van der Waals surface area contributed by atoms with Gasteiger partial charge in [0.2, 0.25) is 5.60 Å². The highest BCUT2D eigenvalue weighted by Crippen LogP contribution is 2.46. The summed E-state index contributed by atoms with van der Waals surface area (Å²) in [7, 11) is 1.48. The van der Waals surface area contributed by atoms with E-state index < -0.39 is 17.2 Å². The van der Waals surface area contributed by atoms with E-state index in [2.05, 4.69) is 0 Å². The van der Waals surface area contributed by atoms with Crippen molar-refractivity contribution < 1.29 is 19.4 Å². The molecule has 16 heavy (non-hydrogen) atoms. The average molecular weight is 224 g/mol. The zero-order chi connectivity index (χ0) is 12.0. The van der Waals surface area contributed by atoms with Gasteiger partial charge in [0.05, 0.1) is 13.2 Å². The van der Waals surface area contributed by atoms with E-state index in [1.54, 1.807) is 13.0 Å². The van der Waals surface area contributed by atoms with E-state index in [9.17, 15) is 9.90 Å². The van der Waals surface area contributed by atoms with Crippen LogP contribution in [-0.2, 0) is 14.3 Å². The third-order valence-electron chi connectivity index (χ3n) is 3.32. The van der Waals surface area contributed by atoms with E-state index in [1.165, 1.54) is 13.2 Å². The van der Waals surface area contributed by atoms with Crippen molar-refractivity contribution in [1.29, 1.82) is 0 Å². The molecule has 2 rings (SSSR count). The van der Waals surface area contributed by atoms with Crippen LogP contribution in [0.25, 0.3) is 0 Å². The van der Waals surface area contributed by atoms with Crippen LogP contribution < -0.4 is 0 Å². The molecule has 0 aromatic heterocycles. The first-order valence-electron chi connectivity index (χ1n) is 5.32. The van der Waals surface area contributed by atoms with Gasteiger partial charge in [-0.15, -0.1) is 0 Å². The quantitative estimate of drug-likeness (QED) is 0.536. The SMILES string of the molecule is COC1=CC(=O)O[C@@]12C[C@H](C)C=C[C@@]2(C)O. The van der Waals surface area contributed by atoms with Crippen molar-refractivity contribution in [2.24, 2.45) is 5.92 Å². The Bertz CT molecular complexity index is 380. The molecule has 0 bridgehead atoms. The van der Waals surface area contributed by atoms with Gasteiger partial charge in [-0.1, -0.05) is 19.1 Å². The molecule has 0 aromatic rings. The van der Waals surface area contributed by atoms with Gasteiger partial charge in [-0.3, -0.25) is 0 Å².